The van der Waals surface area contributed by atoms with Gasteiger partial charge in [-0.05, 0) is 32.3 Å². The van der Waals surface area contributed by atoms with Crippen molar-refractivity contribution in [1.82, 2.24) is 20.9 Å². The molecule has 0 spiro atoms. The predicted octanol–water partition coefficient (Wildman–Crippen LogP) is 1.74. The normalized spacial score (nSPS) is 22.3. The molecule has 0 aromatic heterocycles. The first-order chi connectivity index (χ1) is 12.0. The van der Waals surface area contributed by atoms with Gasteiger partial charge in [0.05, 0.1) is 11.6 Å². The van der Waals surface area contributed by atoms with Gasteiger partial charge in [0, 0.05) is 31.4 Å². The minimum atomic E-state index is -0.271. The minimum absolute atomic E-state index is 0.0843. The smallest absolute Gasteiger partial charge is 0.319 e. The van der Waals surface area contributed by atoms with Crippen LogP contribution in [0.2, 0.25) is 0 Å². The first-order valence-electron chi connectivity index (χ1n) is 8.88. The molecular weight excluding hydrogens is 316 g/mol. The predicted molar refractivity (Wildman–Crippen MR) is 96.7 cm³/mol. The van der Waals surface area contributed by atoms with Crippen LogP contribution in [0.15, 0.2) is 41.6 Å². The molecule has 3 amide bonds. The van der Waals surface area contributed by atoms with Gasteiger partial charge < -0.3 is 16.0 Å². The fraction of sp³-hybridized carbons (Fsp3) is 0.474. The van der Waals surface area contributed by atoms with E-state index >= 15 is 0 Å². The van der Waals surface area contributed by atoms with E-state index in [1.807, 2.05) is 13.0 Å². The van der Waals surface area contributed by atoms with Crippen molar-refractivity contribution < 1.29 is 9.59 Å². The van der Waals surface area contributed by atoms with Crippen molar-refractivity contribution >= 4 is 11.9 Å². The Hall–Kier alpha value is -2.34. The third-order valence-electron chi connectivity index (χ3n) is 4.90. The van der Waals surface area contributed by atoms with Crippen molar-refractivity contribution in [3.05, 3.63) is 47.2 Å². The van der Waals surface area contributed by atoms with Crippen LogP contribution in [0.25, 0.3) is 0 Å². The maximum atomic E-state index is 12.6. The third kappa shape index (κ3) is 4.39. The van der Waals surface area contributed by atoms with Crippen molar-refractivity contribution in [2.24, 2.45) is 0 Å². The average Bonchev–Trinajstić information content (AvgIpc) is 2.56. The maximum Gasteiger partial charge on any atom is 0.319 e. The summed E-state index contributed by atoms with van der Waals surface area (Å²) in [6, 6.07) is 10.1. The summed E-state index contributed by atoms with van der Waals surface area (Å²) in [6.07, 6.45) is 1.89. The summed E-state index contributed by atoms with van der Waals surface area (Å²) < 4.78 is 0. The lowest BCUT2D eigenvalue weighted by molar-refractivity contribution is -0.118. The zero-order valence-corrected chi connectivity index (χ0v) is 14.8. The molecule has 134 valence electrons. The number of likely N-dealkylation sites (tertiary alicyclic amines) is 1. The largest absolute Gasteiger partial charge is 0.349 e. The Morgan fingerprint density at radius 2 is 1.92 bits per heavy atom. The number of carbonyl (C=O) groups excluding carboxylic acids is 2. The SMILES string of the molecule is CC1=C(C(=O)NC2CCN(Cc3ccccc3)CC2)[C@H](C)NC(=O)N1. The second kappa shape index (κ2) is 7.70. The molecule has 1 saturated heterocycles. The molecule has 25 heavy (non-hydrogen) atoms. The second-order valence-electron chi connectivity index (χ2n) is 6.87. The first kappa shape index (κ1) is 17.5. The molecule has 0 saturated carbocycles. The standard InChI is InChI=1S/C19H26N4O2/c1-13-17(14(2)21-19(25)20-13)18(24)22-16-8-10-23(11-9-16)12-15-6-4-3-5-7-15/h3-7,13,16H,8-12H2,1-2H3,(H,22,24)(H2,20,21,25)/t13-/m0/s1. The van der Waals surface area contributed by atoms with Gasteiger partial charge >= 0.3 is 6.03 Å². The van der Waals surface area contributed by atoms with E-state index < -0.39 is 0 Å². The molecule has 1 atom stereocenters. The molecule has 0 radical (unpaired) electrons. The van der Waals surface area contributed by atoms with Crippen LogP contribution in [0.3, 0.4) is 0 Å². The lowest BCUT2D eigenvalue weighted by Crippen LogP contribution is -2.52. The highest BCUT2D eigenvalue weighted by Crippen LogP contribution is 2.16. The van der Waals surface area contributed by atoms with Gasteiger partial charge in [0.25, 0.3) is 5.91 Å². The highest BCUT2D eigenvalue weighted by Gasteiger charge is 2.29. The molecule has 0 unspecified atom stereocenters. The Morgan fingerprint density at radius 3 is 2.56 bits per heavy atom. The van der Waals surface area contributed by atoms with Gasteiger partial charge in [0.1, 0.15) is 0 Å². The van der Waals surface area contributed by atoms with Gasteiger partial charge in [-0.15, -0.1) is 0 Å². The average molecular weight is 342 g/mol. The number of allylic oxidation sites excluding steroid dienone is 1. The Balaban J connectivity index is 1.51. The van der Waals surface area contributed by atoms with Crippen molar-refractivity contribution in [3.8, 4) is 0 Å². The summed E-state index contributed by atoms with van der Waals surface area (Å²) in [5, 5.41) is 8.54. The Kier molecular flexibility index (Phi) is 5.38. The summed E-state index contributed by atoms with van der Waals surface area (Å²) in [7, 11) is 0. The summed E-state index contributed by atoms with van der Waals surface area (Å²) in [4.78, 5) is 26.5. The van der Waals surface area contributed by atoms with Gasteiger partial charge in [-0.3, -0.25) is 9.69 Å². The van der Waals surface area contributed by atoms with E-state index in [2.05, 4.69) is 45.1 Å². The van der Waals surface area contributed by atoms with E-state index in [0.717, 1.165) is 32.5 Å². The maximum absolute atomic E-state index is 12.6. The van der Waals surface area contributed by atoms with Gasteiger partial charge in [0.15, 0.2) is 0 Å². The highest BCUT2D eigenvalue weighted by atomic mass is 16.2. The molecular formula is C19H26N4O2. The van der Waals surface area contributed by atoms with Crippen molar-refractivity contribution in [2.75, 3.05) is 13.1 Å². The zero-order valence-electron chi connectivity index (χ0n) is 14.8. The van der Waals surface area contributed by atoms with Gasteiger partial charge in [-0.25, -0.2) is 4.79 Å². The summed E-state index contributed by atoms with van der Waals surface area (Å²) in [5.41, 5.74) is 2.57. The lowest BCUT2D eigenvalue weighted by Gasteiger charge is -2.33. The molecule has 2 aliphatic heterocycles. The zero-order chi connectivity index (χ0) is 17.8. The van der Waals surface area contributed by atoms with E-state index in [1.165, 1.54) is 5.56 Å². The number of benzene rings is 1. The number of hydrogen-bond donors (Lipinski definition) is 3. The van der Waals surface area contributed by atoms with Crippen LogP contribution in [0.1, 0.15) is 32.3 Å². The first-order valence-corrected chi connectivity index (χ1v) is 8.88. The molecule has 2 aliphatic rings. The van der Waals surface area contributed by atoms with E-state index in [4.69, 9.17) is 0 Å². The fourth-order valence-corrected chi connectivity index (χ4v) is 3.57. The summed E-state index contributed by atoms with van der Waals surface area (Å²) >= 11 is 0. The van der Waals surface area contributed by atoms with E-state index in [0.29, 0.717) is 11.3 Å². The van der Waals surface area contributed by atoms with Crippen LogP contribution >= 0.6 is 0 Å². The van der Waals surface area contributed by atoms with Crippen LogP contribution in [-0.2, 0) is 11.3 Å². The van der Waals surface area contributed by atoms with Crippen molar-refractivity contribution in [1.29, 1.82) is 0 Å². The summed E-state index contributed by atoms with van der Waals surface area (Å²) in [5.74, 6) is -0.0843. The van der Waals surface area contributed by atoms with Gasteiger partial charge in [0.2, 0.25) is 0 Å². The van der Waals surface area contributed by atoms with E-state index in [1.54, 1.807) is 6.92 Å². The second-order valence-corrected chi connectivity index (χ2v) is 6.87. The van der Waals surface area contributed by atoms with Crippen LogP contribution in [0.4, 0.5) is 4.79 Å². The molecule has 6 nitrogen and oxygen atoms in total. The minimum Gasteiger partial charge on any atom is -0.349 e. The molecule has 2 heterocycles. The van der Waals surface area contributed by atoms with Crippen molar-refractivity contribution in [3.63, 3.8) is 0 Å². The van der Waals surface area contributed by atoms with Crippen LogP contribution in [-0.4, -0.2) is 42.0 Å². The number of hydrogen-bond acceptors (Lipinski definition) is 3. The molecule has 1 aromatic rings. The number of nitrogens with zero attached hydrogens (tertiary/aromatic N) is 1. The number of carbonyl (C=O) groups is 2. The Morgan fingerprint density at radius 1 is 1.24 bits per heavy atom. The summed E-state index contributed by atoms with van der Waals surface area (Å²) in [6.45, 7) is 6.51. The number of rotatable bonds is 4. The third-order valence-corrected chi connectivity index (χ3v) is 4.90. The molecule has 1 fully saturated rings. The van der Waals surface area contributed by atoms with E-state index in [9.17, 15) is 9.59 Å². The molecule has 1 aromatic carbocycles. The van der Waals surface area contributed by atoms with Crippen LogP contribution < -0.4 is 16.0 Å². The van der Waals surface area contributed by atoms with Gasteiger partial charge in [-0.1, -0.05) is 30.3 Å². The Bertz CT molecular complexity index is 663. The number of nitrogens with one attached hydrogen (secondary N) is 3. The number of piperidine rings is 1. The number of amides is 3. The van der Waals surface area contributed by atoms with Crippen molar-refractivity contribution in [2.45, 2.75) is 45.3 Å². The molecule has 0 aliphatic carbocycles. The highest BCUT2D eigenvalue weighted by molar-refractivity contribution is 5.98. The quantitative estimate of drug-likeness (QED) is 0.780. The van der Waals surface area contributed by atoms with Gasteiger partial charge in [-0.2, -0.15) is 0 Å². The van der Waals surface area contributed by atoms with E-state index in [-0.39, 0.29) is 24.0 Å². The van der Waals surface area contributed by atoms with Crippen LogP contribution in [0, 0.1) is 0 Å². The molecule has 3 N–H and O–H groups in total. The number of urea groups is 1. The molecule has 6 heteroatoms. The molecule has 0 bridgehead atoms. The van der Waals surface area contributed by atoms with Crippen LogP contribution in [0.5, 0.6) is 0 Å². The Labute approximate surface area is 148 Å². The fourth-order valence-electron chi connectivity index (χ4n) is 3.57. The molecule has 3 rings (SSSR count). The topological polar surface area (TPSA) is 73.5 Å². The monoisotopic (exact) mass is 342 g/mol. The lowest BCUT2D eigenvalue weighted by atomic mass is 10.0.